The van der Waals surface area contributed by atoms with Crippen molar-refractivity contribution in [1.29, 1.82) is 0 Å². The van der Waals surface area contributed by atoms with Crippen LogP contribution in [0.5, 0.6) is 0 Å². The third-order valence-corrected chi connectivity index (χ3v) is 3.64. The van der Waals surface area contributed by atoms with Crippen molar-refractivity contribution in [2.24, 2.45) is 5.92 Å². The monoisotopic (exact) mass is 293 g/mol. The van der Waals surface area contributed by atoms with Crippen molar-refractivity contribution in [2.45, 2.75) is 26.2 Å². The van der Waals surface area contributed by atoms with E-state index >= 15 is 0 Å². The van der Waals surface area contributed by atoms with Crippen molar-refractivity contribution in [3.8, 4) is 0 Å². The molecule has 0 unspecified atom stereocenters. The molecule has 1 saturated heterocycles. The summed E-state index contributed by atoms with van der Waals surface area (Å²) in [5.74, 6) is -0.895. The molecule has 1 heterocycles. The van der Waals surface area contributed by atoms with Crippen LogP contribution in [0.3, 0.4) is 0 Å². The Labute approximate surface area is 123 Å². The van der Waals surface area contributed by atoms with Gasteiger partial charge in [0.15, 0.2) is 0 Å². The summed E-state index contributed by atoms with van der Waals surface area (Å²) in [6, 6.07) is 6.04. The van der Waals surface area contributed by atoms with Crippen LogP contribution < -0.4 is 0 Å². The minimum atomic E-state index is -0.344. The quantitative estimate of drug-likeness (QED) is 0.799. The lowest BCUT2D eigenvalue weighted by Gasteiger charge is -2.31. The van der Waals surface area contributed by atoms with Gasteiger partial charge in [-0.25, -0.2) is 4.39 Å². The first-order chi connectivity index (χ1) is 10.1. The summed E-state index contributed by atoms with van der Waals surface area (Å²) < 4.78 is 18.1. The molecule has 0 aliphatic carbocycles. The SMILES string of the molecule is CCOC(=O)[C@@H]1CCCN(C(=O)Cc2cccc(F)c2)C1. The number of benzene rings is 1. The molecule has 0 aromatic heterocycles. The Morgan fingerprint density at radius 2 is 2.24 bits per heavy atom. The predicted octanol–water partition coefficient (Wildman–Crippen LogP) is 2.17. The summed E-state index contributed by atoms with van der Waals surface area (Å²) in [6.07, 6.45) is 1.70. The van der Waals surface area contributed by atoms with Gasteiger partial charge >= 0.3 is 5.97 Å². The number of amides is 1. The first-order valence-electron chi connectivity index (χ1n) is 7.29. The summed E-state index contributed by atoms with van der Waals surface area (Å²) in [5, 5.41) is 0. The van der Waals surface area contributed by atoms with Crippen LogP contribution in [0.15, 0.2) is 24.3 Å². The Balaban J connectivity index is 1.94. The van der Waals surface area contributed by atoms with Crippen LogP contribution in [-0.2, 0) is 20.7 Å². The van der Waals surface area contributed by atoms with Crippen LogP contribution in [0.4, 0.5) is 4.39 Å². The average molecular weight is 293 g/mol. The van der Waals surface area contributed by atoms with E-state index in [4.69, 9.17) is 4.74 Å². The van der Waals surface area contributed by atoms with Crippen molar-refractivity contribution in [1.82, 2.24) is 4.90 Å². The highest BCUT2D eigenvalue weighted by Gasteiger charge is 2.29. The summed E-state index contributed by atoms with van der Waals surface area (Å²) in [4.78, 5) is 25.7. The third-order valence-electron chi connectivity index (χ3n) is 3.64. The standard InChI is InChI=1S/C16H20FNO3/c1-2-21-16(20)13-6-4-8-18(11-13)15(19)10-12-5-3-7-14(17)9-12/h3,5,7,9,13H,2,4,6,8,10-11H2,1H3/t13-/m1/s1. The summed E-state index contributed by atoms with van der Waals surface area (Å²) in [7, 11) is 0. The maximum absolute atomic E-state index is 13.1. The van der Waals surface area contributed by atoms with Crippen molar-refractivity contribution in [3.05, 3.63) is 35.6 Å². The molecule has 1 aromatic rings. The molecule has 1 aliphatic rings. The van der Waals surface area contributed by atoms with E-state index in [9.17, 15) is 14.0 Å². The van der Waals surface area contributed by atoms with Gasteiger partial charge in [0, 0.05) is 13.1 Å². The minimum Gasteiger partial charge on any atom is -0.466 e. The van der Waals surface area contributed by atoms with E-state index in [1.165, 1.54) is 12.1 Å². The maximum atomic E-state index is 13.1. The zero-order chi connectivity index (χ0) is 15.2. The molecule has 5 heteroatoms. The fourth-order valence-corrected chi connectivity index (χ4v) is 2.59. The molecule has 0 spiro atoms. The summed E-state index contributed by atoms with van der Waals surface area (Å²) in [6.45, 7) is 3.16. The molecule has 1 aromatic carbocycles. The molecule has 1 fully saturated rings. The molecule has 1 amide bonds. The summed E-state index contributed by atoms with van der Waals surface area (Å²) >= 11 is 0. The highest BCUT2D eigenvalue weighted by molar-refractivity contribution is 5.80. The fraction of sp³-hybridized carbons (Fsp3) is 0.500. The molecule has 4 nitrogen and oxygen atoms in total. The Bertz CT molecular complexity index is 518. The molecule has 0 bridgehead atoms. The van der Waals surface area contributed by atoms with Gasteiger partial charge in [0.1, 0.15) is 5.82 Å². The Hall–Kier alpha value is -1.91. The lowest BCUT2D eigenvalue weighted by molar-refractivity contribution is -0.151. The zero-order valence-electron chi connectivity index (χ0n) is 12.2. The molecular weight excluding hydrogens is 273 g/mol. The molecular formula is C16H20FNO3. The van der Waals surface area contributed by atoms with Crippen LogP contribution in [0, 0.1) is 11.7 Å². The van der Waals surface area contributed by atoms with E-state index < -0.39 is 0 Å². The smallest absolute Gasteiger partial charge is 0.310 e. The number of carbonyl (C=O) groups is 2. The maximum Gasteiger partial charge on any atom is 0.310 e. The number of halogens is 1. The largest absolute Gasteiger partial charge is 0.466 e. The van der Waals surface area contributed by atoms with Gasteiger partial charge in [0.25, 0.3) is 0 Å². The molecule has 1 atom stereocenters. The molecule has 114 valence electrons. The fourth-order valence-electron chi connectivity index (χ4n) is 2.59. The lowest BCUT2D eigenvalue weighted by Crippen LogP contribution is -2.43. The molecule has 0 radical (unpaired) electrons. The average Bonchev–Trinajstić information content (AvgIpc) is 2.47. The normalized spacial score (nSPS) is 18.4. The number of hydrogen-bond donors (Lipinski definition) is 0. The first kappa shape index (κ1) is 15.5. The molecule has 0 saturated carbocycles. The van der Waals surface area contributed by atoms with Crippen LogP contribution in [0.2, 0.25) is 0 Å². The topological polar surface area (TPSA) is 46.6 Å². The number of ether oxygens (including phenoxy) is 1. The number of carbonyl (C=O) groups excluding carboxylic acids is 2. The number of hydrogen-bond acceptors (Lipinski definition) is 3. The minimum absolute atomic E-state index is 0.0744. The third kappa shape index (κ3) is 4.28. The van der Waals surface area contributed by atoms with Crippen molar-refractivity contribution in [2.75, 3.05) is 19.7 Å². The van der Waals surface area contributed by atoms with E-state index in [-0.39, 0.29) is 30.0 Å². The van der Waals surface area contributed by atoms with Gasteiger partial charge in [-0.2, -0.15) is 0 Å². The van der Waals surface area contributed by atoms with Crippen LogP contribution in [0.25, 0.3) is 0 Å². The van der Waals surface area contributed by atoms with Gasteiger partial charge in [-0.3, -0.25) is 9.59 Å². The highest BCUT2D eigenvalue weighted by Crippen LogP contribution is 2.19. The van der Waals surface area contributed by atoms with Crippen molar-refractivity contribution in [3.63, 3.8) is 0 Å². The number of rotatable bonds is 4. The van der Waals surface area contributed by atoms with Gasteiger partial charge in [0.2, 0.25) is 5.91 Å². The number of piperidine rings is 1. The van der Waals surface area contributed by atoms with Gasteiger partial charge in [-0.1, -0.05) is 12.1 Å². The van der Waals surface area contributed by atoms with Gasteiger partial charge in [-0.05, 0) is 37.5 Å². The van der Waals surface area contributed by atoms with Crippen molar-refractivity contribution >= 4 is 11.9 Å². The second-order valence-corrected chi connectivity index (χ2v) is 5.24. The second-order valence-electron chi connectivity index (χ2n) is 5.24. The van der Waals surface area contributed by atoms with E-state index in [1.807, 2.05) is 0 Å². The zero-order valence-corrected chi connectivity index (χ0v) is 12.2. The predicted molar refractivity (Wildman–Crippen MR) is 76.0 cm³/mol. The Morgan fingerprint density at radius 3 is 2.95 bits per heavy atom. The molecule has 0 N–H and O–H groups in total. The van der Waals surface area contributed by atoms with Gasteiger partial charge in [0.05, 0.1) is 18.9 Å². The van der Waals surface area contributed by atoms with Crippen LogP contribution in [-0.4, -0.2) is 36.5 Å². The van der Waals surface area contributed by atoms with E-state index in [1.54, 1.807) is 24.0 Å². The second kappa shape index (κ2) is 7.20. The number of nitrogens with zero attached hydrogens (tertiary/aromatic N) is 1. The van der Waals surface area contributed by atoms with Crippen LogP contribution in [0.1, 0.15) is 25.3 Å². The number of likely N-dealkylation sites (tertiary alicyclic amines) is 1. The number of esters is 1. The van der Waals surface area contributed by atoms with Crippen LogP contribution >= 0.6 is 0 Å². The summed E-state index contributed by atoms with van der Waals surface area (Å²) in [5.41, 5.74) is 0.651. The molecule has 21 heavy (non-hydrogen) atoms. The van der Waals surface area contributed by atoms with Gasteiger partial charge < -0.3 is 9.64 Å². The van der Waals surface area contributed by atoms with E-state index in [2.05, 4.69) is 0 Å². The Kier molecular flexibility index (Phi) is 5.31. The lowest BCUT2D eigenvalue weighted by atomic mass is 9.97. The molecule has 1 aliphatic heterocycles. The Morgan fingerprint density at radius 1 is 1.43 bits per heavy atom. The van der Waals surface area contributed by atoms with Crippen molar-refractivity contribution < 1.29 is 18.7 Å². The molecule has 2 rings (SSSR count). The van der Waals surface area contributed by atoms with Gasteiger partial charge in [-0.15, -0.1) is 0 Å². The van der Waals surface area contributed by atoms with E-state index in [0.29, 0.717) is 25.3 Å². The first-order valence-corrected chi connectivity index (χ1v) is 7.29. The van der Waals surface area contributed by atoms with E-state index in [0.717, 1.165) is 12.8 Å². The highest BCUT2D eigenvalue weighted by atomic mass is 19.1.